The van der Waals surface area contributed by atoms with E-state index in [-0.39, 0.29) is 18.4 Å². The Morgan fingerprint density at radius 3 is 2.50 bits per heavy atom. The quantitative estimate of drug-likeness (QED) is 0.738. The summed E-state index contributed by atoms with van der Waals surface area (Å²) in [6, 6.07) is 15.3. The van der Waals surface area contributed by atoms with Crippen LogP contribution in [-0.2, 0) is 19.1 Å². The minimum atomic E-state index is -0.951. The summed E-state index contributed by atoms with van der Waals surface area (Å²) in [5.74, 6) is -1.56. The molecule has 1 aliphatic rings. The Balaban J connectivity index is 1.58. The van der Waals surface area contributed by atoms with Crippen LogP contribution in [0.2, 0.25) is 0 Å². The number of amides is 2. The molecule has 0 aliphatic carbocycles. The molecule has 6 heteroatoms. The van der Waals surface area contributed by atoms with E-state index < -0.39 is 23.9 Å². The van der Waals surface area contributed by atoms with Crippen LogP contribution in [0.3, 0.4) is 0 Å². The lowest BCUT2D eigenvalue weighted by Crippen LogP contribution is -2.34. The van der Waals surface area contributed by atoms with Crippen LogP contribution in [0.25, 0.3) is 0 Å². The van der Waals surface area contributed by atoms with Crippen molar-refractivity contribution in [3.05, 3.63) is 65.2 Å². The zero-order chi connectivity index (χ0) is 21.8. The summed E-state index contributed by atoms with van der Waals surface area (Å²) in [6.07, 6.45) is -0.852. The monoisotopic (exact) mass is 408 g/mol. The number of rotatable bonds is 6. The van der Waals surface area contributed by atoms with Crippen LogP contribution in [0.1, 0.15) is 43.0 Å². The fourth-order valence-corrected chi connectivity index (χ4v) is 3.60. The predicted octanol–water partition coefficient (Wildman–Crippen LogP) is 3.78. The number of carbonyl (C=O) groups excluding carboxylic acids is 3. The molecule has 0 aromatic heterocycles. The highest BCUT2D eigenvalue weighted by Gasteiger charge is 2.38. The molecular formula is C24H28N2O4. The van der Waals surface area contributed by atoms with E-state index >= 15 is 0 Å². The third kappa shape index (κ3) is 4.87. The normalized spacial score (nSPS) is 18.1. The second-order valence-corrected chi connectivity index (χ2v) is 7.92. The molecule has 0 spiro atoms. The molecule has 0 bridgehead atoms. The van der Waals surface area contributed by atoms with Gasteiger partial charge in [0.2, 0.25) is 5.91 Å². The number of aryl methyl sites for hydroxylation is 2. The molecule has 158 valence electrons. The van der Waals surface area contributed by atoms with Gasteiger partial charge in [-0.05, 0) is 50.5 Å². The standard InChI is InChI=1S/C24H28N2O4/c1-15-10-11-16(2)21(12-15)25-23(28)18(4)30-24(29)20-13-22(27)26(14-20)17(3)19-8-6-5-7-9-19/h5-12,17-18,20H,13-14H2,1-4H3,(H,25,28)/t17-,18-,20+/m0/s1. The smallest absolute Gasteiger partial charge is 0.312 e. The Morgan fingerprint density at radius 2 is 1.80 bits per heavy atom. The van der Waals surface area contributed by atoms with E-state index in [0.717, 1.165) is 16.7 Å². The molecule has 2 amide bonds. The second kappa shape index (κ2) is 9.11. The van der Waals surface area contributed by atoms with E-state index in [2.05, 4.69) is 5.32 Å². The van der Waals surface area contributed by atoms with Crippen molar-refractivity contribution in [1.29, 1.82) is 0 Å². The molecule has 3 atom stereocenters. The van der Waals surface area contributed by atoms with Crippen molar-refractivity contribution in [3.63, 3.8) is 0 Å². The Labute approximate surface area is 177 Å². The molecule has 2 aromatic carbocycles. The number of carbonyl (C=O) groups is 3. The number of anilines is 1. The Kier molecular flexibility index (Phi) is 6.55. The SMILES string of the molecule is Cc1ccc(C)c(NC(=O)[C@H](C)OC(=O)[C@@H]2CC(=O)N([C@@H](C)c3ccccc3)C2)c1. The van der Waals surface area contributed by atoms with E-state index in [9.17, 15) is 14.4 Å². The van der Waals surface area contributed by atoms with Crippen LogP contribution in [0, 0.1) is 19.8 Å². The number of nitrogens with one attached hydrogen (secondary N) is 1. The van der Waals surface area contributed by atoms with Gasteiger partial charge in [0.15, 0.2) is 6.10 Å². The van der Waals surface area contributed by atoms with Crippen LogP contribution in [-0.4, -0.2) is 35.3 Å². The molecule has 0 saturated carbocycles. The first-order valence-electron chi connectivity index (χ1n) is 10.2. The lowest BCUT2D eigenvalue weighted by atomic mass is 10.1. The third-order valence-corrected chi connectivity index (χ3v) is 5.55. The van der Waals surface area contributed by atoms with Crippen LogP contribution < -0.4 is 5.32 Å². The summed E-state index contributed by atoms with van der Waals surface area (Å²) in [6.45, 7) is 7.62. The van der Waals surface area contributed by atoms with Gasteiger partial charge in [-0.2, -0.15) is 0 Å². The van der Waals surface area contributed by atoms with Crippen LogP contribution in [0.4, 0.5) is 5.69 Å². The number of hydrogen-bond acceptors (Lipinski definition) is 4. The summed E-state index contributed by atoms with van der Waals surface area (Å²) >= 11 is 0. The predicted molar refractivity (Wildman–Crippen MR) is 115 cm³/mol. The molecule has 3 rings (SSSR count). The number of likely N-dealkylation sites (tertiary alicyclic amines) is 1. The van der Waals surface area contributed by atoms with Gasteiger partial charge >= 0.3 is 5.97 Å². The molecular weight excluding hydrogens is 380 g/mol. The van der Waals surface area contributed by atoms with Crippen molar-refractivity contribution in [2.45, 2.75) is 46.3 Å². The van der Waals surface area contributed by atoms with Crippen LogP contribution in [0.5, 0.6) is 0 Å². The molecule has 0 radical (unpaired) electrons. The van der Waals surface area contributed by atoms with Gasteiger partial charge in [-0.25, -0.2) is 0 Å². The van der Waals surface area contributed by atoms with E-state index in [4.69, 9.17) is 4.74 Å². The molecule has 1 N–H and O–H groups in total. The lowest BCUT2D eigenvalue weighted by Gasteiger charge is -2.25. The van der Waals surface area contributed by atoms with Gasteiger partial charge in [0.25, 0.3) is 5.91 Å². The minimum Gasteiger partial charge on any atom is -0.452 e. The molecule has 1 aliphatic heterocycles. The molecule has 1 heterocycles. The fraction of sp³-hybridized carbons (Fsp3) is 0.375. The molecule has 30 heavy (non-hydrogen) atoms. The minimum absolute atomic E-state index is 0.0826. The maximum absolute atomic E-state index is 12.6. The van der Waals surface area contributed by atoms with E-state index in [0.29, 0.717) is 12.2 Å². The molecule has 1 saturated heterocycles. The first-order chi connectivity index (χ1) is 14.3. The van der Waals surface area contributed by atoms with Gasteiger partial charge in [0.1, 0.15) is 0 Å². The maximum atomic E-state index is 12.6. The summed E-state index contributed by atoms with van der Waals surface area (Å²) in [7, 11) is 0. The summed E-state index contributed by atoms with van der Waals surface area (Å²) in [4.78, 5) is 39.3. The average Bonchev–Trinajstić information content (AvgIpc) is 3.12. The summed E-state index contributed by atoms with van der Waals surface area (Å²) < 4.78 is 5.39. The highest BCUT2D eigenvalue weighted by atomic mass is 16.5. The number of benzene rings is 2. The first kappa shape index (κ1) is 21.6. The number of esters is 1. The Morgan fingerprint density at radius 1 is 1.10 bits per heavy atom. The Bertz CT molecular complexity index is 941. The topological polar surface area (TPSA) is 75.7 Å². The molecule has 6 nitrogen and oxygen atoms in total. The van der Waals surface area contributed by atoms with Crippen LogP contribution in [0.15, 0.2) is 48.5 Å². The Hall–Kier alpha value is -3.15. The fourth-order valence-electron chi connectivity index (χ4n) is 3.60. The largest absolute Gasteiger partial charge is 0.452 e. The zero-order valence-corrected chi connectivity index (χ0v) is 17.8. The van der Waals surface area contributed by atoms with Gasteiger partial charge in [0, 0.05) is 18.7 Å². The highest BCUT2D eigenvalue weighted by Crippen LogP contribution is 2.29. The van der Waals surface area contributed by atoms with Gasteiger partial charge in [0.05, 0.1) is 12.0 Å². The van der Waals surface area contributed by atoms with Crippen molar-refractivity contribution >= 4 is 23.5 Å². The van der Waals surface area contributed by atoms with Gasteiger partial charge in [-0.1, -0.05) is 42.5 Å². The van der Waals surface area contributed by atoms with Crippen molar-refractivity contribution in [3.8, 4) is 0 Å². The van der Waals surface area contributed by atoms with Crippen molar-refractivity contribution in [2.24, 2.45) is 5.92 Å². The highest BCUT2D eigenvalue weighted by molar-refractivity contribution is 5.96. The summed E-state index contributed by atoms with van der Waals surface area (Å²) in [5, 5.41) is 2.81. The molecule has 2 aromatic rings. The van der Waals surface area contributed by atoms with Gasteiger partial charge in [-0.15, -0.1) is 0 Å². The van der Waals surface area contributed by atoms with Crippen LogP contribution >= 0.6 is 0 Å². The van der Waals surface area contributed by atoms with E-state index in [1.807, 2.05) is 69.3 Å². The van der Waals surface area contributed by atoms with Crippen molar-refractivity contribution < 1.29 is 19.1 Å². The summed E-state index contributed by atoms with van der Waals surface area (Å²) in [5.41, 5.74) is 3.67. The number of hydrogen-bond donors (Lipinski definition) is 1. The van der Waals surface area contributed by atoms with Gasteiger partial charge in [-0.3, -0.25) is 14.4 Å². The zero-order valence-electron chi connectivity index (χ0n) is 17.8. The number of ether oxygens (including phenoxy) is 1. The second-order valence-electron chi connectivity index (χ2n) is 7.92. The van der Waals surface area contributed by atoms with Crippen molar-refractivity contribution in [1.82, 2.24) is 4.90 Å². The molecule has 1 fully saturated rings. The third-order valence-electron chi connectivity index (χ3n) is 5.55. The van der Waals surface area contributed by atoms with Gasteiger partial charge < -0.3 is 15.0 Å². The van der Waals surface area contributed by atoms with E-state index in [1.165, 1.54) is 0 Å². The van der Waals surface area contributed by atoms with E-state index in [1.54, 1.807) is 11.8 Å². The average molecular weight is 408 g/mol. The maximum Gasteiger partial charge on any atom is 0.312 e. The molecule has 0 unspecified atom stereocenters. The lowest BCUT2D eigenvalue weighted by molar-refractivity contribution is -0.157. The van der Waals surface area contributed by atoms with Crippen molar-refractivity contribution in [2.75, 3.05) is 11.9 Å². The first-order valence-corrected chi connectivity index (χ1v) is 10.2. The number of nitrogens with zero attached hydrogens (tertiary/aromatic N) is 1.